The standard InChI is InChI=1S/C15H14N2O2S2/c1-17(7-8-20)15-16-14(18)13-12(19-15)11(9-21-13)10-5-3-2-4-6-10/h2-6,9,20H,7-8H2,1H3. The molecule has 0 aliphatic rings. The number of rotatable bonds is 4. The molecule has 0 amide bonds. The summed E-state index contributed by atoms with van der Waals surface area (Å²) in [6, 6.07) is 10.2. The Kier molecular flexibility index (Phi) is 3.98. The van der Waals surface area contributed by atoms with Gasteiger partial charge in [-0.3, -0.25) is 4.79 Å². The molecule has 0 aliphatic heterocycles. The molecular weight excluding hydrogens is 304 g/mol. The Morgan fingerprint density at radius 3 is 2.81 bits per heavy atom. The molecule has 0 radical (unpaired) electrons. The molecular formula is C15H14N2O2S2. The van der Waals surface area contributed by atoms with Gasteiger partial charge in [0.1, 0.15) is 4.70 Å². The first kappa shape index (κ1) is 14.2. The van der Waals surface area contributed by atoms with Crippen molar-refractivity contribution < 1.29 is 4.42 Å². The van der Waals surface area contributed by atoms with Crippen molar-refractivity contribution in [1.29, 1.82) is 0 Å². The molecule has 0 aliphatic carbocycles. The highest BCUT2D eigenvalue weighted by Crippen LogP contribution is 2.33. The number of hydrogen-bond donors (Lipinski definition) is 1. The normalized spacial score (nSPS) is 11.0. The molecule has 2 heterocycles. The second-order valence-corrected chi connectivity index (χ2v) is 5.95. The number of hydrogen-bond acceptors (Lipinski definition) is 6. The lowest BCUT2D eigenvalue weighted by Crippen LogP contribution is -2.23. The van der Waals surface area contributed by atoms with Crippen molar-refractivity contribution in [3.05, 3.63) is 46.1 Å². The summed E-state index contributed by atoms with van der Waals surface area (Å²) in [5.74, 6) is 0.662. The minimum absolute atomic E-state index is 0.246. The molecule has 0 unspecified atom stereocenters. The monoisotopic (exact) mass is 318 g/mol. The van der Waals surface area contributed by atoms with Crippen molar-refractivity contribution in [1.82, 2.24) is 4.98 Å². The molecule has 3 rings (SSSR count). The number of nitrogens with zero attached hydrogens (tertiary/aromatic N) is 2. The van der Waals surface area contributed by atoms with Crippen LogP contribution in [0, 0.1) is 0 Å². The van der Waals surface area contributed by atoms with Gasteiger partial charge < -0.3 is 9.32 Å². The summed E-state index contributed by atoms with van der Waals surface area (Å²) >= 11 is 5.55. The molecule has 0 saturated heterocycles. The average Bonchev–Trinajstić information content (AvgIpc) is 2.93. The van der Waals surface area contributed by atoms with Crippen LogP contribution >= 0.6 is 24.0 Å². The minimum atomic E-state index is -0.246. The number of fused-ring (bicyclic) bond motifs is 1. The number of benzene rings is 1. The first-order chi connectivity index (χ1) is 10.2. The third-order valence-corrected chi connectivity index (χ3v) is 4.33. The van der Waals surface area contributed by atoms with E-state index < -0.39 is 0 Å². The van der Waals surface area contributed by atoms with E-state index in [1.165, 1.54) is 11.3 Å². The van der Waals surface area contributed by atoms with Gasteiger partial charge in [0.15, 0.2) is 5.58 Å². The molecule has 0 fully saturated rings. The molecule has 0 N–H and O–H groups in total. The fraction of sp³-hybridized carbons (Fsp3) is 0.200. The van der Waals surface area contributed by atoms with E-state index in [0.717, 1.165) is 11.1 Å². The van der Waals surface area contributed by atoms with Crippen LogP contribution in [0.5, 0.6) is 0 Å². The third kappa shape index (κ3) is 2.69. The Morgan fingerprint density at radius 1 is 1.33 bits per heavy atom. The molecule has 6 heteroatoms. The van der Waals surface area contributed by atoms with E-state index >= 15 is 0 Å². The van der Waals surface area contributed by atoms with Gasteiger partial charge in [-0.15, -0.1) is 11.3 Å². The van der Waals surface area contributed by atoms with Gasteiger partial charge in [-0.1, -0.05) is 30.3 Å². The van der Waals surface area contributed by atoms with Gasteiger partial charge in [0.2, 0.25) is 0 Å². The van der Waals surface area contributed by atoms with E-state index in [1.807, 2.05) is 42.8 Å². The van der Waals surface area contributed by atoms with Crippen molar-refractivity contribution in [3.8, 4) is 11.1 Å². The van der Waals surface area contributed by atoms with Gasteiger partial charge >= 0.3 is 6.01 Å². The lowest BCUT2D eigenvalue weighted by molar-refractivity contribution is 0.567. The summed E-state index contributed by atoms with van der Waals surface area (Å²) < 4.78 is 6.43. The van der Waals surface area contributed by atoms with Crippen molar-refractivity contribution >= 4 is 40.3 Å². The van der Waals surface area contributed by atoms with Crippen molar-refractivity contribution in [2.24, 2.45) is 0 Å². The summed E-state index contributed by atoms with van der Waals surface area (Å²) in [6.07, 6.45) is 0. The van der Waals surface area contributed by atoms with E-state index in [1.54, 1.807) is 4.90 Å². The molecule has 4 nitrogen and oxygen atoms in total. The maximum atomic E-state index is 12.1. The number of thiol groups is 1. The fourth-order valence-electron chi connectivity index (χ4n) is 2.07. The Hall–Kier alpha value is -1.79. The first-order valence-corrected chi connectivity index (χ1v) is 8.01. The van der Waals surface area contributed by atoms with E-state index in [4.69, 9.17) is 4.42 Å². The molecule has 21 heavy (non-hydrogen) atoms. The Bertz CT molecular complexity index is 811. The van der Waals surface area contributed by atoms with Gasteiger partial charge in [0.05, 0.1) is 0 Å². The van der Waals surface area contributed by atoms with Gasteiger partial charge in [0, 0.05) is 30.3 Å². The Labute approximate surface area is 131 Å². The van der Waals surface area contributed by atoms with Crippen LogP contribution in [0.15, 0.2) is 44.9 Å². The van der Waals surface area contributed by atoms with E-state index in [9.17, 15) is 4.79 Å². The fourth-order valence-corrected chi connectivity index (χ4v) is 3.26. The highest BCUT2D eigenvalue weighted by atomic mass is 32.1. The second kappa shape index (κ2) is 5.91. The van der Waals surface area contributed by atoms with Crippen molar-refractivity contribution in [2.45, 2.75) is 0 Å². The van der Waals surface area contributed by atoms with E-state index in [0.29, 0.717) is 28.6 Å². The van der Waals surface area contributed by atoms with Crippen LogP contribution < -0.4 is 10.5 Å². The summed E-state index contributed by atoms with van der Waals surface area (Å²) in [7, 11) is 1.84. The van der Waals surface area contributed by atoms with Gasteiger partial charge in [-0.25, -0.2) is 0 Å². The zero-order valence-electron chi connectivity index (χ0n) is 11.4. The van der Waals surface area contributed by atoms with Crippen LogP contribution in [0.2, 0.25) is 0 Å². The smallest absolute Gasteiger partial charge is 0.300 e. The quantitative estimate of drug-likeness (QED) is 0.750. The highest BCUT2D eigenvalue weighted by Gasteiger charge is 2.16. The predicted molar refractivity (Wildman–Crippen MR) is 90.7 cm³/mol. The maximum absolute atomic E-state index is 12.1. The topological polar surface area (TPSA) is 46.3 Å². The van der Waals surface area contributed by atoms with Crippen LogP contribution in [0.1, 0.15) is 0 Å². The molecule has 2 aromatic heterocycles. The highest BCUT2D eigenvalue weighted by molar-refractivity contribution is 7.80. The van der Waals surface area contributed by atoms with Gasteiger partial charge in [0.25, 0.3) is 5.56 Å². The average molecular weight is 318 g/mol. The van der Waals surface area contributed by atoms with E-state index in [-0.39, 0.29) is 5.56 Å². The van der Waals surface area contributed by atoms with Crippen molar-refractivity contribution in [2.75, 3.05) is 24.2 Å². The minimum Gasteiger partial charge on any atom is -0.423 e. The van der Waals surface area contributed by atoms with E-state index in [2.05, 4.69) is 17.6 Å². The largest absolute Gasteiger partial charge is 0.423 e. The Morgan fingerprint density at radius 2 is 2.10 bits per heavy atom. The molecule has 0 spiro atoms. The maximum Gasteiger partial charge on any atom is 0.300 e. The summed E-state index contributed by atoms with van der Waals surface area (Å²) in [6.45, 7) is 0.662. The van der Waals surface area contributed by atoms with Crippen LogP contribution in [-0.4, -0.2) is 24.3 Å². The second-order valence-electron chi connectivity index (χ2n) is 4.62. The Balaban J connectivity index is 2.18. The zero-order valence-corrected chi connectivity index (χ0v) is 13.2. The third-order valence-electron chi connectivity index (χ3n) is 3.18. The number of anilines is 1. The predicted octanol–water partition coefficient (Wildman–Crippen LogP) is 3.28. The molecule has 0 atom stereocenters. The molecule has 3 aromatic rings. The molecule has 0 saturated carbocycles. The van der Waals surface area contributed by atoms with Crippen LogP contribution in [0.4, 0.5) is 6.01 Å². The summed E-state index contributed by atoms with van der Waals surface area (Å²) in [5, 5.41) is 1.94. The van der Waals surface area contributed by atoms with Crippen molar-refractivity contribution in [3.63, 3.8) is 0 Å². The molecule has 108 valence electrons. The van der Waals surface area contributed by atoms with Crippen LogP contribution in [0.3, 0.4) is 0 Å². The molecule has 1 aromatic carbocycles. The number of aromatic nitrogens is 1. The summed E-state index contributed by atoms with van der Waals surface area (Å²) in [4.78, 5) is 17.9. The molecule has 0 bridgehead atoms. The van der Waals surface area contributed by atoms with Crippen LogP contribution in [-0.2, 0) is 0 Å². The lowest BCUT2D eigenvalue weighted by atomic mass is 10.1. The first-order valence-electron chi connectivity index (χ1n) is 6.50. The van der Waals surface area contributed by atoms with Gasteiger partial charge in [-0.05, 0) is 5.56 Å². The lowest BCUT2D eigenvalue weighted by Gasteiger charge is -2.14. The summed E-state index contributed by atoms with van der Waals surface area (Å²) in [5.41, 5.74) is 2.31. The SMILES string of the molecule is CN(CCS)c1nc(=O)c2scc(-c3ccccc3)c2o1. The number of thiophene rings is 1. The van der Waals surface area contributed by atoms with Crippen LogP contribution in [0.25, 0.3) is 21.4 Å². The zero-order chi connectivity index (χ0) is 14.8. The van der Waals surface area contributed by atoms with Gasteiger partial charge in [-0.2, -0.15) is 17.6 Å².